The maximum absolute atomic E-state index is 14.8. The Kier molecular flexibility index (Phi) is 6.96. The van der Waals surface area contributed by atoms with Gasteiger partial charge in [-0.15, -0.1) is 0 Å². The minimum Gasteiger partial charge on any atom is -0.372 e. The molecule has 2 aromatic carbocycles. The summed E-state index contributed by atoms with van der Waals surface area (Å²) in [7, 11) is 0. The molecule has 40 heavy (non-hydrogen) atoms. The molecule has 1 aliphatic heterocycles. The Morgan fingerprint density at radius 2 is 1.73 bits per heavy atom. The Bertz CT molecular complexity index is 1480. The van der Waals surface area contributed by atoms with E-state index in [1.165, 1.54) is 23.2 Å². The molecular formula is C30H29ClF2N4O3. The number of fused-ring (bicyclic) bond motifs is 1. The smallest absolute Gasteiger partial charge is 0.268 e. The number of nitrogens with zero attached hydrogens (tertiary/aromatic N) is 2. The summed E-state index contributed by atoms with van der Waals surface area (Å²) in [6, 6.07) is 12.1. The van der Waals surface area contributed by atoms with Crippen molar-refractivity contribution in [2.45, 2.75) is 56.2 Å². The van der Waals surface area contributed by atoms with Gasteiger partial charge in [0.05, 0.1) is 16.3 Å². The zero-order chi connectivity index (χ0) is 28.0. The first-order chi connectivity index (χ1) is 19.3. The van der Waals surface area contributed by atoms with E-state index in [4.69, 9.17) is 11.6 Å². The van der Waals surface area contributed by atoms with Crippen molar-refractivity contribution < 1.29 is 23.5 Å². The molecule has 3 aliphatic rings. The van der Waals surface area contributed by atoms with Gasteiger partial charge in [0, 0.05) is 36.0 Å². The molecule has 2 amide bonds. The van der Waals surface area contributed by atoms with E-state index in [1.807, 2.05) is 0 Å². The van der Waals surface area contributed by atoms with E-state index < -0.39 is 28.7 Å². The number of aliphatic hydroxyl groups is 1. The zero-order valence-electron chi connectivity index (χ0n) is 21.7. The molecular weight excluding hydrogens is 538 g/mol. The first kappa shape index (κ1) is 26.7. The first-order valence-corrected chi connectivity index (χ1v) is 13.9. The zero-order valence-corrected chi connectivity index (χ0v) is 22.4. The summed E-state index contributed by atoms with van der Waals surface area (Å²) in [4.78, 5) is 32.5. The molecule has 0 bridgehead atoms. The van der Waals surface area contributed by atoms with Crippen molar-refractivity contribution in [3.63, 3.8) is 0 Å². The normalized spacial score (nSPS) is 24.1. The highest BCUT2D eigenvalue weighted by Crippen LogP contribution is 2.46. The lowest BCUT2D eigenvalue weighted by Gasteiger charge is -2.32. The van der Waals surface area contributed by atoms with Gasteiger partial charge < -0.3 is 20.6 Å². The van der Waals surface area contributed by atoms with Gasteiger partial charge in [0.25, 0.3) is 11.8 Å². The molecule has 10 heteroatoms. The van der Waals surface area contributed by atoms with E-state index in [0.717, 1.165) is 31.7 Å². The Morgan fingerprint density at radius 3 is 2.48 bits per heavy atom. The van der Waals surface area contributed by atoms with Crippen molar-refractivity contribution in [1.82, 2.24) is 10.3 Å². The molecule has 0 saturated heterocycles. The van der Waals surface area contributed by atoms with Crippen molar-refractivity contribution in [3.8, 4) is 0 Å². The molecule has 1 unspecified atom stereocenters. The summed E-state index contributed by atoms with van der Waals surface area (Å²) in [5.41, 5.74) is -1.57. The number of nitrogens with one attached hydrogen (secondary N) is 2. The lowest BCUT2D eigenvalue weighted by molar-refractivity contribution is -0.132. The van der Waals surface area contributed by atoms with Gasteiger partial charge in [-0.25, -0.2) is 13.8 Å². The molecule has 2 fully saturated rings. The van der Waals surface area contributed by atoms with Crippen molar-refractivity contribution in [1.29, 1.82) is 0 Å². The summed E-state index contributed by atoms with van der Waals surface area (Å²) in [5.74, 6) is -2.66. The van der Waals surface area contributed by atoms with Crippen molar-refractivity contribution in [3.05, 3.63) is 88.1 Å². The summed E-state index contributed by atoms with van der Waals surface area (Å²) < 4.78 is 28.8. The second-order valence-electron chi connectivity index (χ2n) is 10.9. The molecule has 2 saturated carbocycles. The predicted molar refractivity (Wildman–Crippen MR) is 147 cm³/mol. The van der Waals surface area contributed by atoms with Crippen LogP contribution in [0.4, 0.5) is 20.3 Å². The molecule has 1 atom stereocenters. The van der Waals surface area contributed by atoms with Gasteiger partial charge >= 0.3 is 0 Å². The van der Waals surface area contributed by atoms with Crippen LogP contribution in [0.1, 0.15) is 60.0 Å². The van der Waals surface area contributed by atoms with E-state index in [9.17, 15) is 23.5 Å². The average Bonchev–Trinajstić information content (AvgIpc) is 3.75. The van der Waals surface area contributed by atoms with Crippen LogP contribution in [-0.4, -0.2) is 40.5 Å². The minimum atomic E-state index is -2.31. The number of halogens is 3. The van der Waals surface area contributed by atoms with Crippen LogP contribution in [0.5, 0.6) is 0 Å². The third kappa shape index (κ3) is 4.81. The van der Waals surface area contributed by atoms with Gasteiger partial charge in [0.2, 0.25) is 0 Å². The number of hydrogen-bond acceptors (Lipinski definition) is 5. The fraction of sp³-hybridized carbons (Fsp3) is 0.367. The molecule has 0 radical (unpaired) electrons. The van der Waals surface area contributed by atoms with E-state index in [1.54, 1.807) is 30.3 Å². The van der Waals surface area contributed by atoms with Crippen molar-refractivity contribution in [2.75, 3.05) is 16.8 Å². The number of anilines is 2. The number of carbonyl (C=O) groups excluding carboxylic acids is 2. The van der Waals surface area contributed by atoms with E-state index in [-0.39, 0.29) is 23.4 Å². The largest absolute Gasteiger partial charge is 0.372 e. The van der Waals surface area contributed by atoms with Crippen molar-refractivity contribution >= 4 is 34.9 Å². The topological polar surface area (TPSA) is 94.6 Å². The molecule has 1 aromatic heterocycles. The number of hydrogen-bond donors (Lipinski definition) is 3. The number of benzene rings is 2. The second-order valence-corrected chi connectivity index (χ2v) is 11.3. The number of para-hydroxylation sites is 1. The molecule has 6 rings (SSSR count). The minimum absolute atomic E-state index is 0.0450. The number of aromatic nitrogens is 1. The quantitative estimate of drug-likeness (QED) is 0.367. The predicted octanol–water partition coefficient (Wildman–Crippen LogP) is 5.16. The fourth-order valence-electron chi connectivity index (χ4n) is 5.82. The standard InChI is InChI=1S/C30H29ClF2N4O3/c31-18-14-21(27(34-15-18)35-19-12-13-19)28(38)36-20-10-8-17(9-11-20)16-37-25-7-2-1-4-22(25)30(40,29(37)39)23-5-3-6-24(32)26(23)33/h1-7,14-15,17,19-20,40H,8-13,16H2,(H,34,35)(H,36,38). The maximum atomic E-state index is 14.8. The third-order valence-corrected chi connectivity index (χ3v) is 8.33. The summed E-state index contributed by atoms with van der Waals surface area (Å²) in [6.07, 6.45) is 6.53. The molecule has 208 valence electrons. The lowest BCUT2D eigenvalue weighted by atomic mass is 9.85. The molecule has 2 heterocycles. The molecule has 3 aromatic rings. The number of carbonyl (C=O) groups is 2. The highest BCUT2D eigenvalue weighted by molar-refractivity contribution is 6.31. The van der Waals surface area contributed by atoms with Crippen molar-refractivity contribution in [2.24, 2.45) is 5.92 Å². The monoisotopic (exact) mass is 566 g/mol. The lowest BCUT2D eigenvalue weighted by Crippen LogP contribution is -2.45. The first-order valence-electron chi connectivity index (χ1n) is 13.6. The fourth-order valence-corrected chi connectivity index (χ4v) is 5.98. The Labute approximate surface area is 235 Å². The number of amides is 2. The van der Waals surface area contributed by atoms with Gasteiger partial charge in [0.15, 0.2) is 17.2 Å². The van der Waals surface area contributed by atoms with Crippen LogP contribution in [0, 0.1) is 17.6 Å². The van der Waals surface area contributed by atoms with Gasteiger partial charge in [-0.05, 0) is 62.6 Å². The van der Waals surface area contributed by atoms with E-state index >= 15 is 0 Å². The van der Waals surface area contributed by atoms with Crippen LogP contribution < -0.4 is 15.5 Å². The molecule has 7 nitrogen and oxygen atoms in total. The van der Waals surface area contributed by atoms with Crippen LogP contribution in [0.2, 0.25) is 5.02 Å². The van der Waals surface area contributed by atoms with Crippen LogP contribution in [-0.2, 0) is 10.4 Å². The molecule has 0 spiro atoms. The summed E-state index contributed by atoms with van der Waals surface area (Å²) in [6.45, 7) is 0.323. The van der Waals surface area contributed by atoms with Gasteiger partial charge in [-0.1, -0.05) is 41.9 Å². The highest BCUT2D eigenvalue weighted by Gasteiger charge is 2.53. The Balaban J connectivity index is 1.13. The number of rotatable bonds is 7. The highest BCUT2D eigenvalue weighted by atomic mass is 35.5. The Morgan fingerprint density at radius 1 is 1.02 bits per heavy atom. The van der Waals surface area contributed by atoms with E-state index in [0.29, 0.717) is 47.5 Å². The van der Waals surface area contributed by atoms with Crippen LogP contribution >= 0.6 is 11.6 Å². The second kappa shape index (κ2) is 10.4. The maximum Gasteiger partial charge on any atom is 0.268 e. The summed E-state index contributed by atoms with van der Waals surface area (Å²) in [5, 5.41) is 18.4. The SMILES string of the molecule is O=C(NC1CCC(CN2C(=O)C(O)(c3cccc(F)c3F)c3ccccc32)CC1)c1cc(Cl)cnc1NC1CC1. The van der Waals surface area contributed by atoms with Gasteiger partial charge in [0.1, 0.15) is 5.82 Å². The van der Waals surface area contributed by atoms with Crippen LogP contribution in [0.15, 0.2) is 54.7 Å². The van der Waals surface area contributed by atoms with Gasteiger partial charge in [-0.3, -0.25) is 9.59 Å². The number of pyridine rings is 1. The molecule has 3 N–H and O–H groups in total. The molecule has 2 aliphatic carbocycles. The van der Waals surface area contributed by atoms with Crippen LogP contribution in [0.25, 0.3) is 0 Å². The van der Waals surface area contributed by atoms with Crippen LogP contribution in [0.3, 0.4) is 0 Å². The average molecular weight is 567 g/mol. The summed E-state index contributed by atoms with van der Waals surface area (Å²) >= 11 is 6.12. The third-order valence-electron chi connectivity index (χ3n) is 8.12. The van der Waals surface area contributed by atoms with Gasteiger partial charge in [-0.2, -0.15) is 0 Å². The Hall–Kier alpha value is -3.56. The van der Waals surface area contributed by atoms with E-state index in [2.05, 4.69) is 15.6 Å².